The predicted molar refractivity (Wildman–Crippen MR) is 97.2 cm³/mol. The number of urea groups is 1. The minimum atomic E-state index is -0.959. The Morgan fingerprint density at radius 2 is 2.07 bits per heavy atom. The van der Waals surface area contributed by atoms with Crippen molar-refractivity contribution in [2.75, 3.05) is 18.5 Å². The van der Waals surface area contributed by atoms with E-state index in [0.29, 0.717) is 10.7 Å². The van der Waals surface area contributed by atoms with Crippen molar-refractivity contribution in [1.82, 2.24) is 10.2 Å². The first-order valence-electron chi connectivity index (χ1n) is 8.56. The number of hydrogen-bond acceptors (Lipinski definition) is 5. The first-order chi connectivity index (χ1) is 12.7. The smallest absolute Gasteiger partial charge is 0.326 e. The van der Waals surface area contributed by atoms with Gasteiger partial charge in [-0.15, -0.1) is 0 Å². The molecule has 1 atom stereocenters. The second-order valence-electron chi connectivity index (χ2n) is 6.97. The summed E-state index contributed by atoms with van der Waals surface area (Å²) in [6.07, 6.45) is 1.73. The number of esters is 1. The zero-order valence-electron chi connectivity index (χ0n) is 15.0. The topological polar surface area (TPSA) is 105 Å². The third kappa shape index (κ3) is 4.05. The monoisotopic (exact) mass is 393 g/mol. The van der Waals surface area contributed by atoms with Crippen LogP contribution >= 0.6 is 11.6 Å². The van der Waals surface area contributed by atoms with Crippen LogP contribution in [0.5, 0.6) is 0 Å². The van der Waals surface area contributed by atoms with Crippen LogP contribution < -0.4 is 10.6 Å². The van der Waals surface area contributed by atoms with E-state index in [9.17, 15) is 19.2 Å². The van der Waals surface area contributed by atoms with Gasteiger partial charge >= 0.3 is 12.0 Å². The summed E-state index contributed by atoms with van der Waals surface area (Å²) in [5.41, 5.74) is 0.356. The molecule has 2 N–H and O–H groups in total. The SMILES string of the molecule is Cc1ccc(Cl)cc1NC(=O)COC(=O)CN1C(=O)N[C@](C)(C2CC2)C1=O. The number of benzene rings is 1. The lowest BCUT2D eigenvalue weighted by Gasteiger charge is -2.20. The van der Waals surface area contributed by atoms with Gasteiger partial charge < -0.3 is 15.4 Å². The number of amides is 4. The largest absolute Gasteiger partial charge is 0.454 e. The molecule has 1 aliphatic heterocycles. The van der Waals surface area contributed by atoms with Crippen molar-refractivity contribution in [3.63, 3.8) is 0 Å². The summed E-state index contributed by atoms with van der Waals surface area (Å²) in [7, 11) is 0. The number of anilines is 1. The lowest BCUT2D eigenvalue weighted by atomic mass is 9.96. The Balaban J connectivity index is 1.51. The van der Waals surface area contributed by atoms with Gasteiger partial charge in [0.15, 0.2) is 6.61 Å². The molecule has 3 rings (SSSR count). The number of ether oxygens (including phenoxy) is 1. The van der Waals surface area contributed by atoms with E-state index in [-0.39, 0.29) is 5.92 Å². The number of rotatable bonds is 6. The van der Waals surface area contributed by atoms with E-state index < -0.39 is 42.5 Å². The van der Waals surface area contributed by atoms with Crippen molar-refractivity contribution in [2.24, 2.45) is 5.92 Å². The van der Waals surface area contributed by atoms with E-state index in [2.05, 4.69) is 10.6 Å². The van der Waals surface area contributed by atoms with Crippen LogP contribution in [-0.2, 0) is 19.1 Å². The summed E-state index contributed by atoms with van der Waals surface area (Å²) in [6, 6.07) is 4.41. The van der Waals surface area contributed by atoms with Crippen molar-refractivity contribution >= 4 is 41.1 Å². The van der Waals surface area contributed by atoms with Crippen molar-refractivity contribution in [3.8, 4) is 0 Å². The number of carbonyl (C=O) groups excluding carboxylic acids is 4. The number of imide groups is 1. The van der Waals surface area contributed by atoms with Gasteiger partial charge in [-0.25, -0.2) is 4.79 Å². The summed E-state index contributed by atoms with van der Waals surface area (Å²) >= 11 is 5.89. The van der Waals surface area contributed by atoms with Gasteiger partial charge in [0, 0.05) is 10.7 Å². The molecule has 4 amide bonds. The average molecular weight is 394 g/mol. The maximum Gasteiger partial charge on any atom is 0.326 e. The van der Waals surface area contributed by atoms with Gasteiger partial charge in [0.25, 0.3) is 11.8 Å². The molecule has 144 valence electrons. The molecule has 1 aromatic rings. The van der Waals surface area contributed by atoms with E-state index in [1.54, 1.807) is 32.0 Å². The molecule has 1 aromatic carbocycles. The fraction of sp³-hybridized carbons (Fsp3) is 0.444. The molecule has 1 saturated carbocycles. The molecule has 8 nitrogen and oxygen atoms in total. The van der Waals surface area contributed by atoms with Crippen LogP contribution in [-0.4, -0.2) is 47.4 Å². The molecule has 1 saturated heterocycles. The van der Waals surface area contributed by atoms with Crippen LogP contribution in [0.15, 0.2) is 18.2 Å². The van der Waals surface area contributed by atoms with Gasteiger partial charge in [0.05, 0.1) is 0 Å². The highest BCUT2D eigenvalue weighted by Crippen LogP contribution is 2.42. The normalized spacial score (nSPS) is 21.8. The Bertz CT molecular complexity index is 823. The molecule has 2 fully saturated rings. The maximum atomic E-state index is 12.4. The van der Waals surface area contributed by atoms with Gasteiger partial charge in [0.1, 0.15) is 12.1 Å². The molecule has 1 aliphatic carbocycles. The fourth-order valence-electron chi connectivity index (χ4n) is 3.03. The highest BCUT2D eigenvalue weighted by Gasteiger charge is 2.56. The molecule has 0 radical (unpaired) electrons. The molecule has 1 heterocycles. The van der Waals surface area contributed by atoms with Crippen LogP contribution in [0, 0.1) is 12.8 Å². The molecule has 0 spiro atoms. The summed E-state index contributed by atoms with van der Waals surface area (Å²) in [4.78, 5) is 49.2. The quantitative estimate of drug-likeness (QED) is 0.567. The fourth-order valence-corrected chi connectivity index (χ4v) is 3.20. The second-order valence-corrected chi connectivity index (χ2v) is 7.40. The molecular formula is C18H20ClN3O5. The minimum Gasteiger partial charge on any atom is -0.454 e. The predicted octanol–water partition coefficient (Wildman–Crippen LogP) is 1.85. The van der Waals surface area contributed by atoms with Gasteiger partial charge in [-0.1, -0.05) is 17.7 Å². The summed E-state index contributed by atoms with van der Waals surface area (Å²) in [6.45, 7) is 2.40. The van der Waals surface area contributed by atoms with Crippen LogP contribution in [0.1, 0.15) is 25.3 Å². The maximum absolute atomic E-state index is 12.4. The molecule has 2 aliphatic rings. The Kier molecular flexibility index (Phi) is 5.10. The van der Waals surface area contributed by atoms with Crippen LogP contribution in [0.4, 0.5) is 10.5 Å². The van der Waals surface area contributed by atoms with Crippen molar-refractivity contribution in [2.45, 2.75) is 32.2 Å². The average Bonchev–Trinajstić information content (AvgIpc) is 3.43. The van der Waals surface area contributed by atoms with Gasteiger partial charge in [-0.2, -0.15) is 0 Å². The van der Waals surface area contributed by atoms with Crippen molar-refractivity contribution in [3.05, 3.63) is 28.8 Å². The van der Waals surface area contributed by atoms with E-state index in [1.165, 1.54) is 0 Å². The first-order valence-corrected chi connectivity index (χ1v) is 8.94. The van der Waals surface area contributed by atoms with Crippen molar-refractivity contribution in [1.29, 1.82) is 0 Å². The number of aryl methyl sites for hydroxylation is 1. The summed E-state index contributed by atoms with van der Waals surface area (Å²) in [5.74, 6) is -1.72. The third-order valence-electron chi connectivity index (χ3n) is 4.82. The van der Waals surface area contributed by atoms with Gasteiger partial charge in [-0.05, 0) is 50.3 Å². The van der Waals surface area contributed by atoms with Crippen LogP contribution in [0.2, 0.25) is 5.02 Å². The number of carbonyl (C=O) groups is 4. The molecule has 9 heteroatoms. The Morgan fingerprint density at radius 3 is 2.74 bits per heavy atom. The van der Waals surface area contributed by atoms with Gasteiger partial charge in [-0.3, -0.25) is 19.3 Å². The Hall–Kier alpha value is -2.61. The van der Waals surface area contributed by atoms with Crippen molar-refractivity contribution < 1.29 is 23.9 Å². The minimum absolute atomic E-state index is 0.0988. The lowest BCUT2D eigenvalue weighted by molar-refractivity contribution is -0.150. The number of nitrogens with zero attached hydrogens (tertiary/aromatic N) is 1. The summed E-state index contributed by atoms with van der Waals surface area (Å²) in [5, 5.41) is 5.70. The molecule has 0 bridgehead atoms. The van der Waals surface area contributed by atoms with Crippen LogP contribution in [0.3, 0.4) is 0 Å². The molecule has 0 aromatic heterocycles. The third-order valence-corrected chi connectivity index (χ3v) is 5.06. The highest BCUT2D eigenvalue weighted by atomic mass is 35.5. The zero-order chi connectivity index (χ0) is 19.8. The zero-order valence-corrected chi connectivity index (χ0v) is 15.8. The van der Waals surface area contributed by atoms with Gasteiger partial charge in [0.2, 0.25) is 0 Å². The highest BCUT2D eigenvalue weighted by molar-refractivity contribution is 6.31. The first kappa shape index (κ1) is 19.2. The van der Waals surface area contributed by atoms with Crippen LogP contribution in [0.25, 0.3) is 0 Å². The molecule has 0 unspecified atom stereocenters. The number of hydrogen-bond donors (Lipinski definition) is 2. The number of halogens is 1. The summed E-state index contributed by atoms with van der Waals surface area (Å²) < 4.78 is 4.89. The Morgan fingerprint density at radius 1 is 1.37 bits per heavy atom. The van der Waals surface area contributed by atoms with E-state index in [1.807, 2.05) is 0 Å². The van der Waals surface area contributed by atoms with E-state index in [0.717, 1.165) is 23.3 Å². The lowest BCUT2D eigenvalue weighted by Crippen LogP contribution is -2.46. The van der Waals surface area contributed by atoms with E-state index >= 15 is 0 Å². The number of nitrogens with one attached hydrogen (secondary N) is 2. The Labute approximate surface area is 161 Å². The molecule has 27 heavy (non-hydrogen) atoms. The standard InChI is InChI=1S/C18H20ClN3O5/c1-10-3-6-12(19)7-13(10)20-14(23)9-27-15(24)8-22-16(25)18(2,11-4-5-11)21-17(22)26/h3,6-7,11H,4-5,8-9H2,1-2H3,(H,20,23)(H,21,26)/t18-/m1/s1. The van der Waals surface area contributed by atoms with E-state index in [4.69, 9.17) is 16.3 Å². The second kappa shape index (κ2) is 7.19. The molecular weight excluding hydrogens is 374 g/mol.